The molecule has 1 aromatic carbocycles. The number of carboxylic acids is 1. The second kappa shape index (κ2) is 5.62. The zero-order valence-corrected chi connectivity index (χ0v) is 12.0. The molecule has 0 spiro atoms. The number of nitriles is 1. The molecule has 0 bridgehead atoms. The van der Waals surface area contributed by atoms with Crippen molar-refractivity contribution in [3.05, 3.63) is 52.3 Å². The Morgan fingerprint density at radius 2 is 2.18 bits per heavy atom. The summed E-state index contributed by atoms with van der Waals surface area (Å²) in [6.45, 7) is 0.480. The predicted octanol–water partition coefficient (Wildman–Crippen LogP) is 1.84. The van der Waals surface area contributed by atoms with Gasteiger partial charge >= 0.3 is 5.97 Å². The van der Waals surface area contributed by atoms with E-state index in [0.29, 0.717) is 17.7 Å². The highest BCUT2D eigenvalue weighted by Gasteiger charge is 2.29. The first kappa shape index (κ1) is 14.3. The molecule has 0 radical (unpaired) electrons. The molecule has 2 aromatic rings. The Morgan fingerprint density at radius 3 is 2.82 bits per heavy atom. The summed E-state index contributed by atoms with van der Waals surface area (Å²) in [7, 11) is 0. The van der Waals surface area contributed by atoms with Crippen LogP contribution >= 0.6 is 0 Å². The number of carbonyl (C=O) groups is 1. The Hall–Kier alpha value is -2.65. The second-order valence-electron chi connectivity index (χ2n) is 5.48. The number of rotatable bonds is 3. The molecule has 0 aliphatic heterocycles. The van der Waals surface area contributed by atoms with Crippen LogP contribution in [-0.2, 0) is 13.0 Å². The van der Waals surface area contributed by atoms with Gasteiger partial charge in [0.1, 0.15) is 0 Å². The normalized spacial score (nSPS) is 16.8. The Bertz CT molecular complexity index is 756. The summed E-state index contributed by atoms with van der Waals surface area (Å²) in [5.41, 5.74) is 9.30. The molecule has 6 heteroatoms. The SMILES string of the molecule is N#Cc1ccc(Cn2nc(C(=O)O)c3c2CCCC3N)cc1. The van der Waals surface area contributed by atoms with Gasteiger partial charge in [-0.3, -0.25) is 4.68 Å². The first-order valence-corrected chi connectivity index (χ1v) is 7.17. The molecule has 22 heavy (non-hydrogen) atoms. The van der Waals surface area contributed by atoms with Crippen LogP contribution in [-0.4, -0.2) is 20.9 Å². The fraction of sp³-hybridized carbons (Fsp3) is 0.312. The Labute approximate surface area is 127 Å². The molecule has 1 aliphatic carbocycles. The fourth-order valence-corrected chi connectivity index (χ4v) is 2.94. The van der Waals surface area contributed by atoms with Crippen molar-refractivity contribution in [2.24, 2.45) is 5.73 Å². The lowest BCUT2D eigenvalue weighted by molar-refractivity contribution is 0.0687. The van der Waals surface area contributed by atoms with Crippen LogP contribution in [0, 0.1) is 11.3 Å². The first-order valence-electron chi connectivity index (χ1n) is 7.17. The smallest absolute Gasteiger partial charge is 0.356 e. The average Bonchev–Trinajstić information content (AvgIpc) is 2.89. The zero-order valence-electron chi connectivity index (χ0n) is 12.0. The summed E-state index contributed by atoms with van der Waals surface area (Å²) < 4.78 is 1.74. The van der Waals surface area contributed by atoms with Gasteiger partial charge in [0.2, 0.25) is 0 Å². The summed E-state index contributed by atoms with van der Waals surface area (Å²) in [4.78, 5) is 11.4. The third-order valence-corrected chi connectivity index (χ3v) is 4.02. The molecule has 6 nitrogen and oxygen atoms in total. The van der Waals surface area contributed by atoms with Crippen LogP contribution in [0.3, 0.4) is 0 Å². The highest BCUT2D eigenvalue weighted by atomic mass is 16.4. The van der Waals surface area contributed by atoms with E-state index in [1.54, 1.807) is 16.8 Å². The molecule has 1 aromatic heterocycles. The molecule has 0 saturated carbocycles. The lowest BCUT2D eigenvalue weighted by Gasteiger charge is -2.20. The van der Waals surface area contributed by atoms with E-state index in [2.05, 4.69) is 11.2 Å². The van der Waals surface area contributed by atoms with Gasteiger partial charge in [-0.15, -0.1) is 0 Å². The monoisotopic (exact) mass is 296 g/mol. The summed E-state index contributed by atoms with van der Waals surface area (Å²) in [6, 6.07) is 9.02. The van der Waals surface area contributed by atoms with Crippen molar-refractivity contribution >= 4 is 5.97 Å². The summed E-state index contributed by atoms with van der Waals surface area (Å²) in [5, 5.41) is 22.4. The summed E-state index contributed by atoms with van der Waals surface area (Å²) >= 11 is 0. The summed E-state index contributed by atoms with van der Waals surface area (Å²) in [5.74, 6) is -1.04. The molecule has 3 N–H and O–H groups in total. The van der Waals surface area contributed by atoms with Gasteiger partial charge in [-0.05, 0) is 37.0 Å². The van der Waals surface area contributed by atoms with Crippen LogP contribution < -0.4 is 5.73 Å². The van der Waals surface area contributed by atoms with Gasteiger partial charge in [0, 0.05) is 17.3 Å². The molecule has 0 amide bonds. The number of benzene rings is 1. The molecule has 3 rings (SSSR count). The highest BCUT2D eigenvalue weighted by molar-refractivity contribution is 5.87. The van der Waals surface area contributed by atoms with Crippen molar-refractivity contribution in [2.75, 3.05) is 0 Å². The quantitative estimate of drug-likeness (QED) is 0.899. The van der Waals surface area contributed by atoms with Gasteiger partial charge in [0.05, 0.1) is 18.2 Å². The number of nitrogens with two attached hydrogens (primary N) is 1. The van der Waals surface area contributed by atoms with E-state index in [0.717, 1.165) is 30.5 Å². The topological polar surface area (TPSA) is 105 Å². The van der Waals surface area contributed by atoms with E-state index in [1.807, 2.05) is 12.1 Å². The zero-order chi connectivity index (χ0) is 15.7. The molecule has 1 aliphatic rings. The fourth-order valence-electron chi connectivity index (χ4n) is 2.94. The van der Waals surface area contributed by atoms with E-state index >= 15 is 0 Å². The van der Waals surface area contributed by atoms with E-state index in [9.17, 15) is 9.90 Å². The Morgan fingerprint density at radius 1 is 1.45 bits per heavy atom. The number of hydrogen-bond acceptors (Lipinski definition) is 4. The summed E-state index contributed by atoms with van der Waals surface area (Å²) in [6.07, 6.45) is 2.52. The third kappa shape index (κ3) is 2.47. The van der Waals surface area contributed by atoms with Crippen molar-refractivity contribution in [3.63, 3.8) is 0 Å². The van der Waals surface area contributed by atoms with E-state index in [4.69, 9.17) is 11.0 Å². The van der Waals surface area contributed by atoms with E-state index in [-0.39, 0.29) is 11.7 Å². The van der Waals surface area contributed by atoms with Gasteiger partial charge in [-0.1, -0.05) is 12.1 Å². The van der Waals surface area contributed by atoms with Crippen LogP contribution in [0.2, 0.25) is 0 Å². The van der Waals surface area contributed by atoms with Crippen molar-refractivity contribution in [1.82, 2.24) is 9.78 Å². The largest absolute Gasteiger partial charge is 0.476 e. The standard InChI is InChI=1S/C16H16N4O2/c17-8-10-4-6-11(7-5-10)9-20-13-3-1-2-12(18)14(13)15(19-20)16(21)22/h4-7,12H,1-3,9,18H2,(H,21,22). The number of hydrogen-bond donors (Lipinski definition) is 2. The van der Waals surface area contributed by atoms with Gasteiger partial charge in [-0.2, -0.15) is 10.4 Å². The molecular weight excluding hydrogens is 280 g/mol. The van der Waals surface area contributed by atoms with Crippen LogP contribution in [0.15, 0.2) is 24.3 Å². The van der Waals surface area contributed by atoms with Crippen LogP contribution in [0.1, 0.15) is 51.8 Å². The minimum absolute atomic E-state index is 0.0656. The van der Waals surface area contributed by atoms with Gasteiger partial charge in [-0.25, -0.2) is 4.79 Å². The minimum atomic E-state index is -1.04. The maximum absolute atomic E-state index is 11.4. The lowest BCUT2D eigenvalue weighted by atomic mass is 9.91. The Balaban J connectivity index is 1.98. The highest BCUT2D eigenvalue weighted by Crippen LogP contribution is 2.31. The third-order valence-electron chi connectivity index (χ3n) is 4.02. The number of aromatic nitrogens is 2. The second-order valence-corrected chi connectivity index (χ2v) is 5.48. The molecular formula is C16H16N4O2. The van der Waals surface area contributed by atoms with Gasteiger partial charge < -0.3 is 10.8 Å². The predicted molar refractivity (Wildman–Crippen MR) is 79.3 cm³/mol. The van der Waals surface area contributed by atoms with Crippen LogP contribution in [0.25, 0.3) is 0 Å². The van der Waals surface area contributed by atoms with E-state index < -0.39 is 5.97 Å². The van der Waals surface area contributed by atoms with Crippen LogP contribution in [0.4, 0.5) is 0 Å². The number of aromatic carboxylic acids is 1. The number of carboxylic acid groups (broad SMARTS) is 1. The molecule has 1 heterocycles. The molecule has 1 unspecified atom stereocenters. The maximum atomic E-state index is 11.4. The molecule has 0 saturated heterocycles. The number of nitrogens with zero attached hydrogens (tertiary/aromatic N) is 3. The van der Waals surface area contributed by atoms with Gasteiger partial charge in [0.15, 0.2) is 5.69 Å². The van der Waals surface area contributed by atoms with Gasteiger partial charge in [0.25, 0.3) is 0 Å². The van der Waals surface area contributed by atoms with Crippen LogP contribution in [0.5, 0.6) is 0 Å². The van der Waals surface area contributed by atoms with Crippen molar-refractivity contribution < 1.29 is 9.90 Å². The van der Waals surface area contributed by atoms with Crippen molar-refractivity contribution in [2.45, 2.75) is 31.8 Å². The van der Waals surface area contributed by atoms with Crippen molar-refractivity contribution in [1.29, 1.82) is 5.26 Å². The first-order chi connectivity index (χ1) is 10.6. The number of fused-ring (bicyclic) bond motifs is 1. The van der Waals surface area contributed by atoms with Crippen molar-refractivity contribution in [3.8, 4) is 6.07 Å². The molecule has 112 valence electrons. The minimum Gasteiger partial charge on any atom is -0.476 e. The lowest BCUT2D eigenvalue weighted by Crippen LogP contribution is -2.20. The average molecular weight is 296 g/mol. The Kier molecular flexibility index (Phi) is 3.65. The molecule has 0 fully saturated rings. The molecule has 1 atom stereocenters. The maximum Gasteiger partial charge on any atom is 0.356 e. The van der Waals surface area contributed by atoms with E-state index in [1.165, 1.54) is 0 Å².